The highest BCUT2D eigenvalue weighted by Gasteiger charge is 2.39. The number of nitrogens with zero attached hydrogens (tertiary/aromatic N) is 4. The Morgan fingerprint density at radius 2 is 2.04 bits per heavy atom. The molecule has 7 heteroatoms. The van der Waals surface area contributed by atoms with Crippen molar-refractivity contribution in [1.82, 2.24) is 20.0 Å². The molecule has 1 atom stereocenters. The maximum atomic E-state index is 12.8. The van der Waals surface area contributed by atoms with Crippen LogP contribution in [0.3, 0.4) is 0 Å². The Hall–Kier alpha value is -1.89. The second-order valence-corrected chi connectivity index (χ2v) is 7.12. The van der Waals surface area contributed by atoms with E-state index >= 15 is 0 Å². The monoisotopic (exact) mass is 347 g/mol. The van der Waals surface area contributed by atoms with Crippen molar-refractivity contribution in [2.45, 2.75) is 45.1 Å². The molecule has 0 aromatic carbocycles. The number of amides is 2. The van der Waals surface area contributed by atoms with Gasteiger partial charge in [-0.25, -0.2) is 0 Å². The van der Waals surface area contributed by atoms with Gasteiger partial charge in [-0.1, -0.05) is 13.3 Å². The molecule has 25 heavy (non-hydrogen) atoms. The largest absolute Gasteiger partial charge is 0.356 e. The Morgan fingerprint density at radius 1 is 1.28 bits per heavy atom. The molecule has 0 spiro atoms. The SMILES string of the molecule is CCCCNC(=O)C1CCN([C@H]2CCN(c3cnn(C)c3)C2=O)CC1. The molecule has 3 heterocycles. The lowest BCUT2D eigenvalue weighted by molar-refractivity contribution is -0.127. The van der Waals surface area contributed by atoms with Crippen LogP contribution in [0.1, 0.15) is 39.0 Å². The van der Waals surface area contributed by atoms with Gasteiger partial charge in [-0.3, -0.25) is 19.2 Å². The summed E-state index contributed by atoms with van der Waals surface area (Å²) in [5, 5.41) is 7.19. The smallest absolute Gasteiger partial charge is 0.244 e. The topological polar surface area (TPSA) is 70.5 Å². The van der Waals surface area contributed by atoms with E-state index in [4.69, 9.17) is 0 Å². The van der Waals surface area contributed by atoms with Crippen LogP contribution in [0.4, 0.5) is 5.69 Å². The molecule has 2 fully saturated rings. The molecular weight excluding hydrogens is 318 g/mol. The Kier molecular flexibility index (Phi) is 5.73. The van der Waals surface area contributed by atoms with Gasteiger partial charge in [-0.05, 0) is 38.8 Å². The van der Waals surface area contributed by atoms with E-state index in [0.29, 0.717) is 0 Å². The summed E-state index contributed by atoms with van der Waals surface area (Å²) in [5.41, 5.74) is 0.875. The first-order valence-electron chi connectivity index (χ1n) is 9.42. The van der Waals surface area contributed by atoms with Crippen molar-refractivity contribution in [3.8, 4) is 0 Å². The zero-order valence-electron chi connectivity index (χ0n) is 15.3. The third-order valence-electron chi connectivity index (χ3n) is 5.35. The normalized spacial score (nSPS) is 22.6. The van der Waals surface area contributed by atoms with Crippen molar-refractivity contribution in [3.05, 3.63) is 12.4 Å². The average Bonchev–Trinajstić information content (AvgIpc) is 3.21. The first-order chi connectivity index (χ1) is 12.1. The van der Waals surface area contributed by atoms with Crippen LogP contribution in [-0.2, 0) is 16.6 Å². The minimum Gasteiger partial charge on any atom is -0.356 e. The van der Waals surface area contributed by atoms with E-state index in [0.717, 1.165) is 64.0 Å². The Labute approximate surface area is 149 Å². The summed E-state index contributed by atoms with van der Waals surface area (Å²) in [6.07, 6.45) is 8.28. The van der Waals surface area contributed by atoms with Gasteiger partial charge in [0.15, 0.2) is 0 Å². The maximum absolute atomic E-state index is 12.8. The van der Waals surface area contributed by atoms with Crippen LogP contribution in [0.25, 0.3) is 0 Å². The number of aromatic nitrogens is 2. The summed E-state index contributed by atoms with van der Waals surface area (Å²) in [4.78, 5) is 29.1. The van der Waals surface area contributed by atoms with E-state index in [2.05, 4.69) is 22.2 Å². The predicted molar refractivity (Wildman–Crippen MR) is 96.2 cm³/mol. The minimum atomic E-state index is -0.0516. The fourth-order valence-corrected chi connectivity index (χ4v) is 3.81. The van der Waals surface area contributed by atoms with Gasteiger partial charge in [-0.2, -0.15) is 5.10 Å². The highest BCUT2D eigenvalue weighted by molar-refractivity contribution is 5.99. The molecule has 2 amide bonds. The zero-order chi connectivity index (χ0) is 17.8. The molecule has 1 aromatic rings. The minimum absolute atomic E-state index is 0.0516. The Bertz CT molecular complexity index is 606. The fraction of sp³-hybridized carbons (Fsp3) is 0.722. The number of piperidine rings is 1. The van der Waals surface area contributed by atoms with Crippen LogP contribution in [0.5, 0.6) is 0 Å². The van der Waals surface area contributed by atoms with Gasteiger partial charge in [-0.15, -0.1) is 0 Å². The molecule has 0 unspecified atom stereocenters. The average molecular weight is 347 g/mol. The fourth-order valence-electron chi connectivity index (χ4n) is 3.81. The molecular formula is C18H29N5O2. The number of aryl methyl sites for hydroxylation is 1. The Balaban J connectivity index is 1.50. The van der Waals surface area contributed by atoms with E-state index in [1.54, 1.807) is 10.9 Å². The third kappa shape index (κ3) is 4.03. The number of anilines is 1. The molecule has 7 nitrogen and oxygen atoms in total. The van der Waals surface area contributed by atoms with E-state index < -0.39 is 0 Å². The molecule has 2 aliphatic heterocycles. The van der Waals surface area contributed by atoms with E-state index in [1.807, 2.05) is 18.1 Å². The Morgan fingerprint density at radius 3 is 2.68 bits per heavy atom. The second-order valence-electron chi connectivity index (χ2n) is 7.12. The van der Waals surface area contributed by atoms with Crippen LogP contribution in [-0.4, -0.2) is 58.7 Å². The molecule has 1 N–H and O–H groups in total. The molecule has 2 aliphatic rings. The van der Waals surface area contributed by atoms with Gasteiger partial charge >= 0.3 is 0 Å². The quantitative estimate of drug-likeness (QED) is 0.784. The first-order valence-corrected chi connectivity index (χ1v) is 9.42. The molecule has 3 rings (SSSR count). The molecule has 2 saturated heterocycles. The van der Waals surface area contributed by atoms with Gasteiger partial charge in [0, 0.05) is 32.3 Å². The first kappa shape index (κ1) is 17.9. The molecule has 0 saturated carbocycles. The van der Waals surface area contributed by atoms with Crippen molar-refractivity contribution in [3.63, 3.8) is 0 Å². The number of hydrogen-bond donors (Lipinski definition) is 1. The number of unbranched alkanes of at least 4 members (excludes halogenated alkanes) is 1. The maximum Gasteiger partial charge on any atom is 0.244 e. The van der Waals surface area contributed by atoms with Crippen molar-refractivity contribution in [2.24, 2.45) is 13.0 Å². The molecule has 1 aromatic heterocycles. The van der Waals surface area contributed by atoms with Gasteiger partial charge in [0.2, 0.25) is 11.8 Å². The number of rotatable bonds is 6. The number of hydrogen-bond acceptors (Lipinski definition) is 4. The van der Waals surface area contributed by atoms with Gasteiger partial charge in [0.1, 0.15) is 0 Å². The molecule has 0 aliphatic carbocycles. The van der Waals surface area contributed by atoms with E-state index in [1.165, 1.54) is 0 Å². The standard InChI is InChI=1S/C18H29N5O2/c1-3-4-8-19-17(24)14-5-9-22(10-6-14)16-7-11-23(18(16)25)15-12-20-21(2)13-15/h12-14,16H,3-11H2,1-2H3,(H,19,24)/t16-/m0/s1. The lowest BCUT2D eigenvalue weighted by Gasteiger charge is -2.34. The van der Waals surface area contributed by atoms with Crippen molar-refractivity contribution >= 4 is 17.5 Å². The van der Waals surface area contributed by atoms with Gasteiger partial charge < -0.3 is 10.2 Å². The number of likely N-dealkylation sites (tertiary alicyclic amines) is 1. The van der Waals surface area contributed by atoms with Gasteiger partial charge in [0.25, 0.3) is 0 Å². The lowest BCUT2D eigenvalue weighted by Crippen LogP contribution is -2.48. The summed E-state index contributed by atoms with van der Waals surface area (Å²) in [6, 6.07) is -0.0516. The highest BCUT2D eigenvalue weighted by Crippen LogP contribution is 2.27. The number of carbonyl (C=O) groups is 2. The van der Waals surface area contributed by atoms with Crippen molar-refractivity contribution in [2.75, 3.05) is 31.1 Å². The van der Waals surface area contributed by atoms with Crippen LogP contribution in [0, 0.1) is 5.92 Å². The third-order valence-corrected chi connectivity index (χ3v) is 5.35. The highest BCUT2D eigenvalue weighted by atomic mass is 16.2. The summed E-state index contributed by atoms with van der Waals surface area (Å²) in [7, 11) is 1.86. The summed E-state index contributed by atoms with van der Waals surface area (Å²) in [5.74, 6) is 0.445. The second kappa shape index (κ2) is 7.99. The van der Waals surface area contributed by atoms with Crippen LogP contribution >= 0.6 is 0 Å². The summed E-state index contributed by atoms with van der Waals surface area (Å²) >= 11 is 0. The number of nitrogens with one attached hydrogen (secondary N) is 1. The number of carbonyl (C=O) groups excluding carboxylic acids is 2. The van der Waals surface area contributed by atoms with Crippen molar-refractivity contribution < 1.29 is 9.59 Å². The van der Waals surface area contributed by atoms with Crippen LogP contribution in [0.15, 0.2) is 12.4 Å². The molecule has 0 radical (unpaired) electrons. The van der Waals surface area contributed by atoms with Gasteiger partial charge in [0.05, 0.1) is 17.9 Å². The van der Waals surface area contributed by atoms with Crippen LogP contribution in [0.2, 0.25) is 0 Å². The predicted octanol–water partition coefficient (Wildman–Crippen LogP) is 1.15. The van der Waals surface area contributed by atoms with E-state index in [9.17, 15) is 9.59 Å². The van der Waals surface area contributed by atoms with E-state index in [-0.39, 0.29) is 23.8 Å². The molecule has 0 bridgehead atoms. The van der Waals surface area contributed by atoms with Crippen LogP contribution < -0.4 is 10.2 Å². The molecule has 138 valence electrons. The summed E-state index contributed by atoms with van der Waals surface area (Å²) in [6.45, 7) is 5.29. The van der Waals surface area contributed by atoms with Crippen molar-refractivity contribution in [1.29, 1.82) is 0 Å². The zero-order valence-corrected chi connectivity index (χ0v) is 15.3. The lowest BCUT2D eigenvalue weighted by atomic mass is 9.94. The summed E-state index contributed by atoms with van der Waals surface area (Å²) < 4.78 is 1.72.